The fraction of sp³-hybridized carbons (Fsp3) is 0. The van der Waals surface area contributed by atoms with Crippen molar-refractivity contribution in [3.8, 4) is 11.5 Å². The van der Waals surface area contributed by atoms with Gasteiger partial charge in [-0.3, -0.25) is 0 Å². The van der Waals surface area contributed by atoms with E-state index >= 15 is 0 Å². The van der Waals surface area contributed by atoms with Gasteiger partial charge in [0.05, 0.1) is 5.56 Å². The highest BCUT2D eigenvalue weighted by molar-refractivity contribution is 5.93. The molecule has 0 saturated carbocycles. The van der Waals surface area contributed by atoms with Crippen molar-refractivity contribution in [3.63, 3.8) is 0 Å². The Morgan fingerprint density at radius 2 is 1.19 bits per heavy atom. The van der Waals surface area contributed by atoms with Crippen LogP contribution in [0.3, 0.4) is 0 Å². The Morgan fingerprint density at radius 3 is 1.65 bits per heavy atom. The van der Waals surface area contributed by atoms with E-state index < -0.39 is 23.6 Å². The summed E-state index contributed by atoms with van der Waals surface area (Å²) in [5.74, 6) is -2.02. The van der Waals surface area contributed by atoms with Gasteiger partial charge >= 0.3 is 11.9 Å². The molecule has 0 aliphatic rings. The molecule has 0 N–H and O–H groups in total. The summed E-state index contributed by atoms with van der Waals surface area (Å²) in [6.45, 7) is 0. The van der Waals surface area contributed by atoms with E-state index in [-0.39, 0.29) is 22.8 Å². The van der Waals surface area contributed by atoms with Gasteiger partial charge in [-0.1, -0.05) is 0 Å². The molecular formula is C19H11F2NO4. The molecule has 0 fully saturated rings. The number of hydrogen-bond acceptors (Lipinski definition) is 5. The van der Waals surface area contributed by atoms with Crippen LogP contribution in [-0.4, -0.2) is 16.9 Å². The number of nitrogens with zero attached hydrogens (tertiary/aromatic N) is 1. The average molecular weight is 355 g/mol. The van der Waals surface area contributed by atoms with Crippen molar-refractivity contribution in [1.29, 1.82) is 0 Å². The number of rotatable bonds is 4. The Bertz CT molecular complexity index is 845. The molecule has 2 aromatic carbocycles. The smallest absolute Gasteiger partial charge is 0.362 e. The second-order valence-electron chi connectivity index (χ2n) is 5.12. The van der Waals surface area contributed by atoms with E-state index in [1.807, 2.05) is 0 Å². The van der Waals surface area contributed by atoms with E-state index in [1.165, 1.54) is 36.4 Å². The lowest BCUT2D eigenvalue weighted by Gasteiger charge is -2.06. The molecule has 0 radical (unpaired) electrons. The molecule has 5 nitrogen and oxygen atoms in total. The zero-order chi connectivity index (χ0) is 18.5. The van der Waals surface area contributed by atoms with Gasteiger partial charge in [0.1, 0.15) is 28.8 Å². The summed E-state index contributed by atoms with van der Waals surface area (Å²) >= 11 is 0. The highest BCUT2D eigenvalue weighted by Gasteiger charge is 2.14. The lowest BCUT2D eigenvalue weighted by atomic mass is 10.2. The summed E-state index contributed by atoms with van der Waals surface area (Å²) in [6, 6.07) is 12.5. The van der Waals surface area contributed by atoms with Crippen LogP contribution in [-0.2, 0) is 0 Å². The van der Waals surface area contributed by atoms with Gasteiger partial charge < -0.3 is 9.47 Å². The van der Waals surface area contributed by atoms with Gasteiger partial charge in [0.15, 0.2) is 0 Å². The van der Waals surface area contributed by atoms with Gasteiger partial charge in [0.25, 0.3) is 0 Å². The number of pyridine rings is 1. The molecule has 26 heavy (non-hydrogen) atoms. The molecule has 130 valence electrons. The third-order valence-corrected chi connectivity index (χ3v) is 3.26. The number of carbonyl (C=O) groups is 2. The number of aromatic nitrogens is 1. The fourth-order valence-electron chi connectivity index (χ4n) is 1.97. The lowest BCUT2D eigenvalue weighted by Crippen LogP contribution is -2.13. The summed E-state index contributed by atoms with van der Waals surface area (Å²) in [7, 11) is 0. The number of esters is 2. The van der Waals surface area contributed by atoms with Gasteiger partial charge in [-0.25, -0.2) is 23.4 Å². The summed E-state index contributed by atoms with van der Waals surface area (Å²) in [6.07, 6.45) is 1.16. The third-order valence-electron chi connectivity index (χ3n) is 3.26. The van der Waals surface area contributed by atoms with Gasteiger partial charge in [0, 0.05) is 6.20 Å². The van der Waals surface area contributed by atoms with Gasteiger partial charge in [-0.15, -0.1) is 0 Å². The molecule has 0 atom stereocenters. The Kier molecular flexibility index (Phi) is 4.98. The van der Waals surface area contributed by atoms with Crippen LogP contribution in [0.1, 0.15) is 20.8 Å². The zero-order valence-corrected chi connectivity index (χ0v) is 13.2. The topological polar surface area (TPSA) is 65.5 Å². The van der Waals surface area contributed by atoms with Crippen molar-refractivity contribution in [1.82, 2.24) is 4.98 Å². The Morgan fingerprint density at radius 1 is 0.692 bits per heavy atom. The highest BCUT2D eigenvalue weighted by atomic mass is 19.1. The second-order valence-corrected chi connectivity index (χ2v) is 5.12. The van der Waals surface area contributed by atoms with E-state index in [0.29, 0.717) is 0 Å². The maximum Gasteiger partial charge on any atom is 0.362 e. The lowest BCUT2D eigenvalue weighted by molar-refractivity contribution is 0.0715. The Labute approximate surface area is 146 Å². The van der Waals surface area contributed by atoms with Crippen molar-refractivity contribution in [3.05, 3.63) is 89.8 Å². The normalized spacial score (nSPS) is 10.2. The molecule has 0 spiro atoms. The molecule has 0 bridgehead atoms. The van der Waals surface area contributed by atoms with E-state index in [2.05, 4.69) is 4.98 Å². The first-order valence-electron chi connectivity index (χ1n) is 7.43. The Balaban J connectivity index is 1.65. The van der Waals surface area contributed by atoms with Crippen LogP contribution >= 0.6 is 0 Å². The van der Waals surface area contributed by atoms with Crippen molar-refractivity contribution < 1.29 is 27.8 Å². The molecular weight excluding hydrogens is 344 g/mol. The van der Waals surface area contributed by atoms with Crippen molar-refractivity contribution >= 4 is 11.9 Å². The minimum atomic E-state index is -0.755. The zero-order valence-electron chi connectivity index (χ0n) is 13.2. The monoisotopic (exact) mass is 355 g/mol. The number of ether oxygens (including phenoxy) is 2. The van der Waals surface area contributed by atoms with Crippen molar-refractivity contribution in [2.75, 3.05) is 0 Å². The molecule has 7 heteroatoms. The summed E-state index contributed by atoms with van der Waals surface area (Å²) < 4.78 is 35.8. The molecule has 0 amide bonds. The molecule has 3 aromatic rings. The molecule has 0 unspecified atom stereocenters. The largest absolute Gasteiger partial charge is 0.423 e. The summed E-state index contributed by atoms with van der Waals surface area (Å²) in [5.41, 5.74) is 0.0697. The molecule has 0 aliphatic heterocycles. The van der Waals surface area contributed by atoms with Crippen LogP contribution in [0.15, 0.2) is 66.9 Å². The molecule has 1 aromatic heterocycles. The first-order valence-corrected chi connectivity index (χ1v) is 7.43. The summed E-state index contributed by atoms with van der Waals surface area (Å²) in [4.78, 5) is 27.8. The number of carbonyl (C=O) groups excluding carboxylic acids is 2. The minimum Gasteiger partial charge on any atom is -0.423 e. The first-order chi connectivity index (χ1) is 12.5. The number of benzene rings is 2. The second kappa shape index (κ2) is 7.52. The fourth-order valence-corrected chi connectivity index (χ4v) is 1.97. The first kappa shape index (κ1) is 17.2. The van der Waals surface area contributed by atoms with Crippen LogP contribution < -0.4 is 9.47 Å². The van der Waals surface area contributed by atoms with Gasteiger partial charge in [0.2, 0.25) is 0 Å². The van der Waals surface area contributed by atoms with Crippen molar-refractivity contribution in [2.45, 2.75) is 0 Å². The standard InChI is InChI=1S/C19H11F2NO4/c20-13-2-6-15(7-3-13)25-18(23)12-1-10-17(22-11-12)19(24)26-16-8-4-14(21)5-9-16/h1-11H. The molecule has 0 aliphatic carbocycles. The van der Waals surface area contributed by atoms with Crippen molar-refractivity contribution in [2.24, 2.45) is 0 Å². The van der Waals surface area contributed by atoms with E-state index in [1.54, 1.807) is 0 Å². The van der Waals surface area contributed by atoms with Gasteiger partial charge in [-0.2, -0.15) is 0 Å². The van der Waals surface area contributed by atoms with Crippen LogP contribution in [0.2, 0.25) is 0 Å². The summed E-state index contributed by atoms with van der Waals surface area (Å²) in [5, 5.41) is 0. The van der Waals surface area contributed by atoms with E-state index in [4.69, 9.17) is 9.47 Å². The van der Waals surface area contributed by atoms with E-state index in [0.717, 1.165) is 30.5 Å². The number of halogens is 2. The average Bonchev–Trinajstić information content (AvgIpc) is 2.65. The third kappa shape index (κ3) is 4.27. The van der Waals surface area contributed by atoms with Crippen LogP contribution in [0.4, 0.5) is 8.78 Å². The SMILES string of the molecule is O=C(Oc1ccc(F)cc1)c1ccc(C(=O)Oc2ccc(F)cc2)nc1. The molecule has 3 rings (SSSR count). The Hall–Kier alpha value is -3.61. The predicted molar refractivity (Wildman–Crippen MR) is 87.0 cm³/mol. The molecule has 0 saturated heterocycles. The van der Waals surface area contributed by atoms with Crippen LogP contribution in [0, 0.1) is 11.6 Å². The van der Waals surface area contributed by atoms with Crippen LogP contribution in [0.5, 0.6) is 11.5 Å². The minimum absolute atomic E-state index is 0.0346. The van der Waals surface area contributed by atoms with E-state index in [9.17, 15) is 18.4 Å². The number of hydrogen-bond donors (Lipinski definition) is 0. The molecule has 1 heterocycles. The maximum absolute atomic E-state index is 12.8. The highest BCUT2D eigenvalue weighted by Crippen LogP contribution is 2.15. The van der Waals surface area contributed by atoms with Crippen LogP contribution in [0.25, 0.3) is 0 Å². The quantitative estimate of drug-likeness (QED) is 0.526. The maximum atomic E-state index is 12.8. The predicted octanol–water partition coefficient (Wildman–Crippen LogP) is 3.80. The van der Waals surface area contributed by atoms with Gasteiger partial charge in [-0.05, 0) is 60.7 Å².